The largest absolute Gasteiger partial charge is 0.473 e. The minimum atomic E-state index is 0.116. The maximum atomic E-state index is 12.2. The first kappa shape index (κ1) is 15.4. The monoisotopic (exact) mass is 325 g/mol. The lowest BCUT2D eigenvalue weighted by Crippen LogP contribution is -2.38. The van der Waals surface area contributed by atoms with Crippen LogP contribution in [0.3, 0.4) is 0 Å². The molecule has 4 rings (SSSR count). The molecular formula is C19H23N3O2. The highest BCUT2D eigenvalue weighted by atomic mass is 16.5. The van der Waals surface area contributed by atoms with Crippen LogP contribution in [0.15, 0.2) is 36.5 Å². The van der Waals surface area contributed by atoms with Crippen molar-refractivity contribution in [3.8, 4) is 5.88 Å². The van der Waals surface area contributed by atoms with E-state index < -0.39 is 0 Å². The third-order valence-electron chi connectivity index (χ3n) is 4.94. The second-order valence-corrected chi connectivity index (χ2v) is 6.72. The standard InChI is InChI=1S/C19H23N3O2/c23-19(22-8-3-4-9-22)14-21-10-7-17(13-21)24-18-11-15-5-1-2-6-16(15)12-20-18/h1-2,5-6,11-12,17H,3-4,7-10,13-14H2/t17-/m0/s1. The average molecular weight is 325 g/mol. The smallest absolute Gasteiger partial charge is 0.236 e. The molecule has 2 fully saturated rings. The Kier molecular flexibility index (Phi) is 4.34. The fraction of sp³-hybridized carbons (Fsp3) is 0.474. The van der Waals surface area contributed by atoms with Crippen molar-refractivity contribution in [3.63, 3.8) is 0 Å². The van der Waals surface area contributed by atoms with E-state index in [1.165, 1.54) is 0 Å². The van der Waals surface area contributed by atoms with Crippen molar-refractivity contribution in [1.29, 1.82) is 0 Å². The average Bonchev–Trinajstić information content (AvgIpc) is 3.27. The Labute approximate surface area is 142 Å². The predicted octanol–water partition coefficient (Wildman–Crippen LogP) is 2.31. The van der Waals surface area contributed by atoms with Crippen LogP contribution in [0.2, 0.25) is 0 Å². The van der Waals surface area contributed by atoms with E-state index in [1.807, 2.05) is 35.4 Å². The number of ether oxygens (including phenoxy) is 1. The van der Waals surface area contributed by atoms with Gasteiger partial charge in [-0.2, -0.15) is 0 Å². The molecule has 3 heterocycles. The summed E-state index contributed by atoms with van der Waals surface area (Å²) in [4.78, 5) is 20.8. The third-order valence-corrected chi connectivity index (χ3v) is 4.94. The van der Waals surface area contributed by atoms with Crippen molar-refractivity contribution in [1.82, 2.24) is 14.8 Å². The maximum Gasteiger partial charge on any atom is 0.236 e. The zero-order valence-electron chi connectivity index (χ0n) is 13.9. The first-order chi connectivity index (χ1) is 11.8. The summed E-state index contributed by atoms with van der Waals surface area (Å²) < 4.78 is 6.04. The minimum Gasteiger partial charge on any atom is -0.473 e. The molecule has 1 aromatic heterocycles. The lowest BCUT2D eigenvalue weighted by atomic mass is 10.2. The molecule has 0 bridgehead atoms. The molecule has 0 radical (unpaired) electrons. The predicted molar refractivity (Wildman–Crippen MR) is 93.0 cm³/mol. The summed E-state index contributed by atoms with van der Waals surface area (Å²) in [5.41, 5.74) is 0. The molecule has 0 N–H and O–H groups in total. The van der Waals surface area contributed by atoms with Gasteiger partial charge in [0.1, 0.15) is 6.10 Å². The highest BCUT2D eigenvalue weighted by Crippen LogP contribution is 2.21. The Balaban J connectivity index is 1.33. The van der Waals surface area contributed by atoms with Gasteiger partial charge in [-0.25, -0.2) is 4.98 Å². The van der Waals surface area contributed by atoms with Crippen LogP contribution in [-0.2, 0) is 4.79 Å². The second-order valence-electron chi connectivity index (χ2n) is 6.72. The summed E-state index contributed by atoms with van der Waals surface area (Å²) >= 11 is 0. The first-order valence-corrected chi connectivity index (χ1v) is 8.79. The van der Waals surface area contributed by atoms with Gasteiger partial charge in [-0.1, -0.05) is 24.3 Å². The van der Waals surface area contributed by atoms with Crippen molar-refractivity contribution >= 4 is 16.7 Å². The van der Waals surface area contributed by atoms with E-state index in [9.17, 15) is 4.79 Å². The summed E-state index contributed by atoms with van der Waals surface area (Å²) in [6.07, 6.45) is 5.21. The Morgan fingerprint density at radius 2 is 1.96 bits per heavy atom. The summed E-state index contributed by atoms with van der Waals surface area (Å²) in [7, 11) is 0. The van der Waals surface area contributed by atoms with E-state index >= 15 is 0 Å². The van der Waals surface area contributed by atoms with Crippen LogP contribution in [0.1, 0.15) is 19.3 Å². The molecule has 2 aliphatic heterocycles. The molecule has 2 aliphatic rings. The van der Waals surface area contributed by atoms with E-state index in [0.717, 1.165) is 56.2 Å². The van der Waals surface area contributed by atoms with E-state index in [2.05, 4.69) is 16.0 Å². The molecule has 2 aromatic rings. The molecule has 0 aliphatic carbocycles. The fourth-order valence-electron chi connectivity index (χ4n) is 3.59. The lowest BCUT2D eigenvalue weighted by molar-refractivity contribution is -0.131. The van der Waals surface area contributed by atoms with Crippen molar-refractivity contribution in [2.24, 2.45) is 0 Å². The molecule has 2 saturated heterocycles. The number of hydrogen-bond acceptors (Lipinski definition) is 4. The molecule has 0 saturated carbocycles. The van der Waals surface area contributed by atoms with Crippen LogP contribution >= 0.6 is 0 Å². The highest BCUT2D eigenvalue weighted by molar-refractivity contribution is 5.82. The number of nitrogens with zero attached hydrogens (tertiary/aromatic N) is 3. The van der Waals surface area contributed by atoms with Crippen LogP contribution < -0.4 is 4.74 Å². The number of pyridine rings is 1. The van der Waals surface area contributed by atoms with Crippen LogP contribution in [0.25, 0.3) is 10.8 Å². The maximum absolute atomic E-state index is 12.2. The van der Waals surface area contributed by atoms with Gasteiger partial charge in [-0.3, -0.25) is 9.69 Å². The quantitative estimate of drug-likeness (QED) is 0.865. The van der Waals surface area contributed by atoms with Gasteiger partial charge in [-0.15, -0.1) is 0 Å². The molecule has 5 heteroatoms. The molecule has 5 nitrogen and oxygen atoms in total. The van der Waals surface area contributed by atoms with Gasteiger partial charge < -0.3 is 9.64 Å². The van der Waals surface area contributed by atoms with Gasteiger partial charge in [0, 0.05) is 43.8 Å². The number of carbonyl (C=O) groups excluding carboxylic acids is 1. The van der Waals surface area contributed by atoms with E-state index in [1.54, 1.807) is 0 Å². The third kappa shape index (κ3) is 3.36. The summed E-state index contributed by atoms with van der Waals surface area (Å²) in [6.45, 7) is 4.08. The Morgan fingerprint density at radius 3 is 2.79 bits per heavy atom. The van der Waals surface area contributed by atoms with E-state index in [-0.39, 0.29) is 12.0 Å². The van der Waals surface area contributed by atoms with Crippen LogP contribution in [0.5, 0.6) is 5.88 Å². The van der Waals surface area contributed by atoms with Gasteiger partial charge in [0.2, 0.25) is 11.8 Å². The number of fused-ring (bicyclic) bond motifs is 1. The summed E-state index contributed by atoms with van der Waals surface area (Å²) in [6, 6.07) is 10.1. The number of likely N-dealkylation sites (tertiary alicyclic amines) is 2. The Hall–Kier alpha value is -2.14. The number of amides is 1. The van der Waals surface area contributed by atoms with Crippen molar-refractivity contribution in [2.75, 3.05) is 32.7 Å². The van der Waals surface area contributed by atoms with E-state index in [4.69, 9.17) is 4.74 Å². The second kappa shape index (κ2) is 6.77. The van der Waals surface area contributed by atoms with Gasteiger partial charge >= 0.3 is 0 Å². The summed E-state index contributed by atoms with van der Waals surface area (Å²) in [5.74, 6) is 0.934. The zero-order valence-corrected chi connectivity index (χ0v) is 13.9. The van der Waals surface area contributed by atoms with Gasteiger partial charge in [0.15, 0.2) is 0 Å². The molecule has 24 heavy (non-hydrogen) atoms. The number of hydrogen-bond donors (Lipinski definition) is 0. The molecule has 1 aromatic carbocycles. The molecule has 1 amide bonds. The minimum absolute atomic E-state index is 0.116. The molecule has 0 unspecified atom stereocenters. The number of rotatable bonds is 4. The normalized spacial score (nSPS) is 21.5. The zero-order chi connectivity index (χ0) is 16.4. The number of benzene rings is 1. The molecular weight excluding hydrogens is 302 g/mol. The number of aromatic nitrogens is 1. The highest BCUT2D eigenvalue weighted by Gasteiger charge is 2.28. The molecule has 0 spiro atoms. The first-order valence-electron chi connectivity index (χ1n) is 8.79. The fourth-order valence-corrected chi connectivity index (χ4v) is 3.59. The summed E-state index contributed by atoms with van der Waals surface area (Å²) in [5, 5.41) is 2.26. The Morgan fingerprint density at radius 1 is 1.17 bits per heavy atom. The molecule has 126 valence electrons. The van der Waals surface area contributed by atoms with Crippen molar-refractivity contribution in [2.45, 2.75) is 25.4 Å². The van der Waals surface area contributed by atoms with Gasteiger partial charge in [0.25, 0.3) is 0 Å². The lowest BCUT2D eigenvalue weighted by Gasteiger charge is -2.20. The molecule has 1 atom stereocenters. The SMILES string of the molecule is O=C(CN1CC[C@H](Oc2cc3ccccc3cn2)C1)N1CCCC1. The van der Waals surface area contributed by atoms with Crippen molar-refractivity contribution in [3.05, 3.63) is 36.5 Å². The van der Waals surface area contributed by atoms with Gasteiger partial charge in [0.05, 0.1) is 6.54 Å². The topological polar surface area (TPSA) is 45.7 Å². The van der Waals surface area contributed by atoms with Crippen LogP contribution in [0.4, 0.5) is 0 Å². The number of carbonyl (C=O) groups is 1. The van der Waals surface area contributed by atoms with Crippen LogP contribution in [0, 0.1) is 0 Å². The van der Waals surface area contributed by atoms with Gasteiger partial charge in [-0.05, 0) is 24.6 Å². The van der Waals surface area contributed by atoms with E-state index in [0.29, 0.717) is 12.4 Å². The van der Waals surface area contributed by atoms with Crippen LogP contribution in [-0.4, -0.2) is 59.5 Å². The van der Waals surface area contributed by atoms with Crippen molar-refractivity contribution < 1.29 is 9.53 Å². The Bertz CT molecular complexity index is 727.